The highest BCUT2D eigenvalue weighted by Crippen LogP contribution is 2.25. The van der Waals surface area contributed by atoms with Gasteiger partial charge in [0, 0.05) is 11.8 Å². The molecule has 5 nitrogen and oxygen atoms in total. The zero-order chi connectivity index (χ0) is 15.6. The van der Waals surface area contributed by atoms with Gasteiger partial charge >= 0.3 is 5.97 Å². The molecule has 0 spiro atoms. The minimum atomic E-state index is -0.992. The minimum Gasteiger partial charge on any atom is -0.468 e. The van der Waals surface area contributed by atoms with E-state index in [0.29, 0.717) is 17.0 Å². The van der Waals surface area contributed by atoms with Crippen molar-refractivity contribution in [3.05, 3.63) is 41.1 Å². The van der Waals surface area contributed by atoms with Crippen LogP contribution in [-0.4, -0.2) is 32.8 Å². The van der Waals surface area contributed by atoms with Gasteiger partial charge in [-0.15, -0.1) is 0 Å². The molecule has 0 radical (unpaired) electrons. The lowest BCUT2D eigenvalue weighted by Gasteiger charge is -2.29. The van der Waals surface area contributed by atoms with Crippen LogP contribution in [-0.2, 0) is 14.3 Å². The van der Waals surface area contributed by atoms with E-state index in [2.05, 4.69) is 9.73 Å². The molecule has 0 fully saturated rings. The Morgan fingerprint density at radius 2 is 2.00 bits per heavy atom. The molecule has 2 rings (SSSR count). The Morgan fingerprint density at radius 3 is 2.57 bits per heavy atom. The van der Waals surface area contributed by atoms with Gasteiger partial charge in [-0.2, -0.15) is 0 Å². The summed E-state index contributed by atoms with van der Waals surface area (Å²) in [5.41, 5.74) is 1.10. The maximum atomic E-state index is 13.4. The van der Waals surface area contributed by atoms with E-state index in [4.69, 9.17) is 4.74 Å². The van der Waals surface area contributed by atoms with Crippen molar-refractivity contribution in [1.82, 2.24) is 0 Å². The van der Waals surface area contributed by atoms with Gasteiger partial charge in [0.1, 0.15) is 0 Å². The number of hydrogen-bond acceptors (Lipinski definition) is 5. The van der Waals surface area contributed by atoms with Gasteiger partial charge in [-0.3, -0.25) is 4.90 Å². The summed E-state index contributed by atoms with van der Waals surface area (Å²) >= 11 is 0. The van der Waals surface area contributed by atoms with Gasteiger partial charge in [0.2, 0.25) is 0 Å². The maximum Gasteiger partial charge on any atom is 0.337 e. The highest BCUT2D eigenvalue weighted by molar-refractivity contribution is 5.99. The Hall–Kier alpha value is -2.44. The summed E-state index contributed by atoms with van der Waals surface area (Å²) in [6.07, 6.45) is 0. The minimum absolute atomic E-state index is 0.0935. The van der Waals surface area contributed by atoms with Crippen molar-refractivity contribution in [1.29, 1.82) is 0 Å². The molecule has 0 N–H and O–H groups in total. The van der Waals surface area contributed by atoms with Crippen molar-refractivity contribution in [3.63, 3.8) is 0 Å². The van der Waals surface area contributed by atoms with Crippen LogP contribution in [0.5, 0.6) is 0 Å². The van der Waals surface area contributed by atoms with Crippen molar-refractivity contribution >= 4 is 17.7 Å². The summed E-state index contributed by atoms with van der Waals surface area (Å²) < 4.78 is 36.2. The zero-order valence-electron chi connectivity index (χ0n) is 11.8. The van der Waals surface area contributed by atoms with Crippen molar-refractivity contribution in [2.24, 2.45) is 4.99 Å². The first-order chi connectivity index (χ1) is 9.97. The molecule has 1 aromatic rings. The number of nitrogens with zero attached hydrogens (tertiary/aromatic N) is 2. The number of methoxy groups -OCH3 is 2. The lowest BCUT2D eigenvalue weighted by Crippen LogP contribution is -2.38. The highest BCUT2D eigenvalue weighted by Gasteiger charge is 2.27. The monoisotopic (exact) mass is 296 g/mol. The molecule has 1 aliphatic rings. The third-order valence-corrected chi connectivity index (χ3v) is 3.08. The Kier molecular flexibility index (Phi) is 4.21. The average Bonchev–Trinajstić information content (AvgIpc) is 2.49. The molecular weight excluding hydrogens is 282 g/mol. The molecule has 0 atom stereocenters. The van der Waals surface area contributed by atoms with Crippen LogP contribution in [0.1, 0.15) is 6.92 Å². The van der Waals surface area contributed by atoms with Crippen molar-refractivity contribution in [3.8, 4) is 0 Å². The highest BCUT2D eigenvalue weighted by atomic mass is 19.2. The maximum absolute atomic E-state index is 13.4. The summed E-state index contributed by atoms with van der Waals surface area (Å²) in [6, 6.07) is 3.58. The first kappa shape index (κ1) is 15.0. The smallest absolute Gasteiger partial charge is 0.337 e. The number of carbonyl (C=O) groups is 1. The number of rotatable bonds is 2. The molecular formula is C14H14F2N2O3. The van der Waals surface area contributed by atoms with Crippen molar-refractivity contribution in [2.75, 3.05) is 25.7 Å². The third kappa shape index (κ3) is 2.86. The fourth-order valence-corrected chi connectivity index (χ4v) is 1.96. The summed E-state index contributed by atoms with van der Waals surface area (Å²) in [5, 5.41) is 0. The van der Waals surface area contributed by atoms with Crippen molar-refractivity contribution in [2.45, 2.75) is 6.92 Å². The number of halogens is 2. The second kappa shape index (κ2) is 5.90. The van der Waals surface area contributed by atoms with E-state index < -0.39 is 17.6 Å². The Morgan fingerprint density at radius 1 is 1.29 bits per heavy atom. The van der Waals surface area contributed by atoms with E-state index in [-0.39, 0.29) is 12.6 Å². The Balaban J connectivity index is 2.43. The van der Waals surface area contributed by atoms with Gasteiger partial charge in [-0.25, -0.2) is 18.6 Å². The number of allylic oxidation sites excluding steroid dienone is 1. The first-order valence-electron chi connectivity index (χ1n) is 6.11. The van der Waals surface area contributed by atoms with Crippen LogP contribution in [0.2, 0.25) is 0 Å². The predicted molar refractivity (Wildman–Crippen MR) is 72.9 cm³/mol. The van der Waals surface area contributed by atoms with E-state index in [1.807, 2.05) is 0 Å². The topological polar surface area (TPSA) is 51.1 Å². The van der Waals surface area contributed by atoms with Crippen LogP contribution in [0.25, 0.3) is 0 Å². The number of hydrogen-bond donors (Lipinski definition) is 0. The Bertz CT molecular complexity index is 641. The van der Waals surface area contributed by atoms with Crippen LogP contribution >= 0.6 is 0 Å². The van der Waals surface area contributed by atoms with Crippen molar-refractivity contribution < 1.29 is 23.0 Å². The number of aliphatic imine (C=N–C) groups is 1. The second-order valence-electron chi connectivity index (χ2n) is 4.34. The molecule has 1 aliphatic heterocycles. The average molecular weight is 296 g/mol. The molecule has 0 bridgehead atoms. The molecule has 112 valence electrons. The predicted octanol–water partition coefficient (Wildman–Crippen LogP) is 2.23. The summed E-state index contributed by atoms with van der Waals surface area (Å²) in [6.45, 7) is 1.74. The molecule has 0 aliphatic carbocycles. The molecule has 0 saturated carbocycles. The fourth-order valence-electron chi connectivity index (χ4n) is 1.96. The number of ether oxygens (including phenoxy) is 2. The first-order valence-corrected chi connectivity index (χ1v) is 6.11. The molecule has 0 unspecified atom stereocenters. The van der Waals surface area contributed by atoms with Gasteiger partial charge in [0.15, 0.2) is 11.6 Å². The zero-order valence-corrected chi connectivity index (χ0v) is 11.8. The summed E-state index contributed by atoms with van der Waals surface area (Å²) in [5.74, 6) is -2.47. The van der Waals surface area contributed by atoms with Crippen LogP contribution < -0.4 is 4.90 Å². The molecule has 0 saturated heterocycles. The molecule has 0 amide bonds. The number of benzene rings is 1. The molecule has 0 aromatic heterocycles. The SMILES string of the molecule is COC(=O)C1=C(C)N=C(OC)N(c2ccc(F)c(F)c2)C1. The van der Waals surface area contributed by atoms with Crippen LogP contribution in [0, 0.1) is 11.6 Å². The van der Waals surface area contributed by atoms with Gasteiger partial charge in [0.05, 0.1) is 32.0 Å². The van der Waals surface area contributed by atoms with Gasteiger partial charge in [0.25, 0.3) is 6.02 Å². The number of anilines is 1. The van der Waals surface area contributed by atoms with Crippen LogP contribution in [0.15, 0.2) is 34.5 Å². The van der Waals surface area contributed by atoms with E-state index in [1.165, 1.54) is 25.2 Å². The quantitative estimate of drug-likeness (QED) is 0.785. The summed E-state index contributed by atoms with van der Waals surface area (Å²) in [4.78, 5) is 17.3. The van der Waals surface area contributed by atoms with Gasteiger partial charge in [-0.1, -0.05) is 0 Å². The van der Waals surface area contributed by atoms with E-state index in [9.17, 15) is 13.6 Å². The second-order valence-corrected chi connectivity index (χ2v) is 4.34. The Labute approximate surface area is 120 Å². The number of esters is 1. The normalized spacial score (nSPS) is 14.9. The lowest BCUT2D eigenvalue weighted by atomic mass is 10.1. The molecule has 1 heterocycles. The molecule has 1 aromatic carbocycles. The van der Waals surface area contributed by atoms with Crippen LogP contribution in [0.3, 0.4) is 0 Å². The third-order valence-electron chi connectivity index (χ3n) is 3.08. The fraction of sp³-hybridized carbons (Fsp3) is 0.286. The molecule has 21 heavy (non-hydrogen) atoms. The lowest BCUT2D eigenvalue weighted by molar-refractivity contribution is -0.136. The summed E-state index contributed by atoms with van der Waals surface area (Å²) in [7, 11) is 2.67. The van der Waals surface area contributed by atoms with Crippen LogP contribution in [0.4, 0.5) is 14.5 Å². The largest absolute Gasteiger partial charge is 0.468 e. The van der Waals surface area contributed by atoms with Gasteiger partial charge < -0.3 is 9.47 Å². The van der Waals surface area contributed by atoms with E-state index in [1.54, 1.807) is 6.92 Å². The number of carbonyl (C=O) groups excluding carboxylic acids is 1. The standard InChI is InChI=1S/C14H14F2N2O3/c1-8-10(13(19)20-2)7-18(14(17-8)21-3)9-4-5-11(15)12(16)6-9/h4-6H,7H2,1-3H3. The van der Waals surface area contributed by atoms with E-state index in [0.717, 1.165) is 12.1 Å². The number of amidine groups is 1. The van der Waals surface area contributed by atoms with E-state index >= 15 is 0 Å². The molecule has 7 heteroatoms. The van der Waals surface area contributed by atoms with Gasteiger partial charge in [-0.05, 0) is 19.1 Å².